The number of hydrogen-bond donors (Lipinski definition) is 1. The Hall–Kier alpha value is -3.02. The smallest absolute Gasteiger partial charge is 0.252 e. The summed E-state index contributed by atoms with van der Waals surface area (Å²) in [6, 6.07) is 15.0. The van der Waals surface area contributed by atoms with E-state index in [1.807, 2.05) is 42.2 Å². The average Bonchev–Trinajstić information content (AvgIpc) is 3.04. The normalized spacial score (nSPS) is 15.3. The van der Waals surface area contributed by atoms with Crippen LogP contribution in [0.4, 0.5) is 5.69 Å². The highest BCUT2D eigenvalue weighted by molar-refractivity contribution is 5.98. The summed E-state index contributed by atoms with van der Waals surface area (Å²) < 4.78 is 5.25. The van der Waals surface area contributed by atoms with Crippen molar-refractivity contribution in [2.45, 2.75) is 39.7 Å². The van der Waals surface area contributed by atoms with E-state index < -0.39 is 6.04 Å². The van der Waals surface area contributed by atoms with E-state index in [0.29, 0.717) is 31.0 Å². The first-order chi connectivity index (χ1) is 15.4. The molecular formula is C26H35N3O3. The molecule has 1 N–H and O–H groups in total. The van der Waals surface area contributed by atoms with Gasteiger partial charge in [0.1, 0.15) is 11.8 Å². The van der Waals surface area contributed by atoms with Crippen LogP contribution in [0.1, 0.15) is 42.6 Å². The van der Waals surface area contributed by atoms with Crippen LogP contribution in [0.5, 0.6) is 5.75 Å². The molecule has 2 amide bonds. The molecule has 0 saturated carbocycles. The van der Waals surface area contributed by atoms with Crippen LogP contribution in [0.2, 0.25) is 0 Å². The average molecular weight is 438 g/mol. The maximum atomic E-state index is 13.4. The van der Waals surface area contributed by atoms with Crippen molar-refractivity contribution in [3.05, 3.63) is 59.7 Å². The van der Waals surface area contributed by atoms with Gasteiger partial charge in [-0.2, -0.15) is 0 Å². The lowest BCUT2D eigenvalue weighted by atomic mass is 10.0. The van der Waals surface area contributed by atoms with Crippen molar-refractivity contribution < 1.29 is 14.3 Å². The molecule has 0 aliphatic carbocycles. The number of ether oxygens (including phenoxy) is 1. The van der Waals surface area contributed by atoms with Crippen molar-refractivity contribution in [2.75, 3.05) is 38.2 Å². The molecule has 1 unspecified atom stereocenters. The minimum atomic E-state index is -0.519. The molecule has 1 fully saturated rings. The third kappa shape index (κ3) is 6.02. The third-order valence-electron chi connectivity index (χ3n) is 5.95. The number of benzene rings is 2. The van der Waals surface area contributed by atoms with Crippen LogP contribution >= 0.6 is 0 Å². The second-order valence-corrected chi connectivity index (χ2v) is 8.83. The molecule has 6 nitrogen and oxygen atoms in total. The Bertz CT molecular complexity index is 911. The SMILES string of the molecule is COc1ccc(N2CCCN(C(=O)C(CC(C)C)NC(=O)c3ccccc3C)CC2)cc1. The molecule has 3 rings (SSSR count). The second-order valence-electron chi connectivity index (χ2n) is 8.83. The van der Waals surface area contributed by atoms with Gasteiger partial charge >= 0.3 is 0 Å². The van der Waals surface area contributed by atoms with E-state index in [2.05, 4.69) is 36.2 Å². The largest absolute Gasteiger partial charge is 0.497 e. The van der Waals surface area contributed by atoms with Gasteiger partial charge in [0.2, 0.25) is 5.91 Å². The van der Waals surface area contributed by atoms with Crippen LogP contribution in [-0.4, -0.2) is 56.0 Å². The summed E-state index contributed by atoms with van der Waals surface area (Å²) in [5.74, 6) is 0.958. The van der Waals surface area contributed by atoms with Gasteiger partial charge in [0.05, 0.1) is 7.11 Å². The second kappa shape index (κ2) is 11.0. The van der Waals surface area contributed by atoms with E-state index in [4.69, 9.17) is 4.74 Å². The summed E-state index contributed by atoms with van der Waals surface area (Å²) in [6.45, 7) is 9.05. The van der Waals surface area contributed by atoms with Crippen molar-refractivity contribution in [3.8, 4) is 5.75 Å². The molecule has 0 aromatic heterocycles. The van der Waals surface area contributed by atoms with E-state index in [9.17, 15) is 9.59 Å². The molecule has 0 spiro atoms. The predicted octanol–water partition coefficient (Wildman–Crippen LogP) is 3.89. The Morgan fingerprint density at radius 3 is 2.38 bits per heavy atom. The molecule has 1 atom stereocenters. The summed E-state index contributed by atoms with van der Waals surface area (Å²) in [5, 5.41) is 3.02. The zero-order chi connectivity index (χ0) is 23.1. The molecule has 2 aromatic carbocycles. The number of nitrogens with one attached hydrogen (secondary N) is 1. The first-order valence-corrected chi connectivity index (χ1v) is 11.4. The highest BCUT2D eigenvalue weighted by Gasteiger charge is 2.29. The Balaban J connectivity index is 1.67. The van der Waals surface area contributed by atoms with Crippen molar-refractivity contribution >= 4 is 17.5 Å². The van der Waals surface area contributed by atoms with Gasteiger partial charge < -0.3 is 19.9 Å². The van der Waals surface area contributed by atoms with E-state index in [1.165, 1.54) is 0 Å². The Morgan fingerprint density at radius 2 is 1.72 bits per heavy atom. The number of hydrogen-bond acceptors (Lipinski definition) is 4. The fourth-order valence-corrected chi connectivity index (χ4v) is 4.17. The summed E-state index contributed by atoms with van der Waals surface area (Å²) in [6.07, 6.45) is 1.51. The molecule has 1 saturated heterocycles. The number of carbonyl (C=O) groups excluding carboxylic acids is 2. The lowest BCUT2D eigenvalue weighted by Crippen LogP contribution is -2.50. The topological polar surface area (TPSA) is 61.9 Å². The number of nitrogens with zero attached hydrogens (tertiary/aromatic N) is 2. The van der Waals surface area contributed by atoms with Gasteiger partial charge in [0.25, 0.3) is 5.91 Å². The molecule has 0 bridgehead atoms. The molecule has 1 heterocycles. The van der Waals surface area contributed by atoms with Crippen molar-refractivity contribution in [1.29, 1.82) is 0 Å². The quantitative estimate of drug-likeness (QED) is 0.714. The van der Waals surface area contributed by atoms with Gasteiger partial charge in [-0.15, -0.1) is 0 Å². The summed E-state index contributed by atoms with van der Waals surface area (Å²) in [7, 11) is 1.66. The van der Waals surface area contributed by atoms with E-state index in [-0.39, 0.29) is 11.8 Å². The lowest BCUT2D eigenvalue weighted by Gasteiger charge is -2.28. The minimum Gasteiger partial charge on any atom is -0.497 e. The van der Waals surface area contributed by atoms with Gasteiger partial charge in [-0.25, -0.2) is 0 Å². The van der Waals surface area contributed by atoms with E-state index in [0.717, 1.165) is 36.5 Å². The lowest BCUT2D eigenvalue weighted by molar-refractivity contribution is -0.133. The number of rotatable bonds is 7. The number of aryl methyl sites for hydroxylation is 1. The van der Waals surface area contributed by atoms with E-state index >= 15 is 0 Å². The van der Waals surface area contributed by atoms with Crippen molar-refractivity contribution in [2.24, 2.45) is 5.92 Å². The molecule has 172 valence electrons. The minimum absolute atomic E-state index is 0.0113. The Kier molecular flexibility index (Phi) is 8.14. The third-order valence-corrected chi connectivity index (χ3v) is 5.95. The molecule has 0 radical (unpaired) electrons. The Morgan fingerprint density at radius 1 is 1.00 bits per heavy atom. The van der Waals surface area contributed by atoms with Gasteiger partial charge in [-0.1, -0.05) is 32.0 Å². The number of anilines is 1. The molecule has 2 aromatic rings. The van der Waals surface area contributed by atoms with Gasteiger partial charge in [-0.05, 0) is 61.6 Å². The van der Waals surface area contributed by atoms with Crippen LogP contribution in [0.3, 0.4) is 0 Å². The van der Waals surface area contributed by atoms with Crippen molar-refractivity contribution in [3.63, 3.8) is 0 Å². The van der Waals surface area contributed by atoms with E-state index in [1.54, 1.807) is 13.2 Å². The van der Waals surface area contributed by atoms with Crippen LogP contribution < -0.4 is 15.0 Å². The monoisotopic (exact) mass is 437 g/mol. The highest BCUT2D eigenvalue weighted by atomic mass is 16.5. The summed E-state index contributed by atoms with van der Waals surface area (Å²) in [4.78, 5) is 30.6. The standard InChI is InChI=1S/C26H35N3O3/c1-19(2)18-24(27-25(30)23-9-6-5-8-20(23)3)26(31)29-15-7-14-28(16-17-29)21-10-12-22(32-4)13-11-21/h5-6,8-13,19,24H,7,14-18H2,1-4H3,(H,27,30). The molecule has 6 heteroatoms. The summed E-state index contributed by atoms with van der Waals surface area (Å²) >= 11 is 0. The van der Waals surface area contributed by atoms with Crippen LogP contribution in [0.15, 0.2) is 48.5 Å². The number of methoxy groups -OCH3 is 1. The van der Waals surface area contributed by atoms with Crippen LogP contribution in [0, 0.1) is 12.8 Å². The number of carbonyl (C=O) groups is 2. The first-order valence-electron chi connectivity index (χ1n) is 11.4. The summed E-state index contributed by atoms with van der Waals surface area (Å²) in [5.41, 5.74) is 2.66. The number of amides is 2. The molecule has 1 aliphatic rings. The predicted molar refractivity (Wildman–Crippen MR) is 128 cm³/mol. The van der Waals surface area contributed by atoms with Crippen LogP contribution in [0.25, 0.3) is 0 Å². The maximum absolute atomic E-state index is 13.4. The van der Waals surface area contributed by atoms with Gasteiger partial charge in [0, 0.05) is 37.4 Å². The molecule has 32 heavy (non-hydrogen) atoms. The Labute approximate surface area is 191 Å². The zero-order valence-corrected chi connectivity index (χ0v) is 19.6. The van der Waals surface area contributed by atoms with Crippen molar-refractivity contribution in [1.82, 2.24) is 10.2 Å². The maximum Gasteiger partial charge on any atom is 0.252 e. The van der Waals surface area contributed by atoms with Crippen LogP contribution in [-0.2, 0) is 4.79 Å². The zero-order valence-electron chi connectivity index (χ0n) is 19.6. The van der Waals surface area contributed by atoms with Gasteiger partial charge in [-0.3, -0.25) is 9.59 Å². The fourth-order valence-electron chi connectivity index (χ4n) is 4.17. The highest BCUT2D eigenvalue weighted by Crippen LogP contribution is 2.21. The first kappa shape index (κ1) is 23.6. The molecular weight excluding hydrogens is 402 g/mol. The fraction of sp³-hybridized carbons (Fsp3) is 0.462. The molecule has 1 aliphatic heterocycles. The van der Waals surface area contributed by atoms with Gasteiger partial charge in [0.15, 0.2) is 0 Å².